The Balaban J connectivity index is 1.21. The van der Waals surface area contributed by atoms with E-state index in [1.54, 1.807) is 6.20 Å². The maximum atomic E-state index is 12.8. The molecule has 1 amide bonds. The molecular formula is C22H31N5O2. The second kappa shape index (κ2) is 9.87. The number of hydrogen-bond donors (Lipinski definition) is 1. The molecule has 0 aliphatic carbocycles. The van der Waals surface area contributed by atoms with Crippen molar-refractivity contribution in [2.24, 2.45) is 5.92 Å². The number of anilines is 1. The van der Waals surface area contributed by atoms with Crippen molar-refractivity contribution >= 4 is 11.7 Å². The molecule has 0 bridgehead atoms. The van der Waals surface area contributed by atoms with E-state index in [0.29, 0.717) is 11.5 Å². The number of aryl methyl sites for hydroxylation is 1. The summed E-state index contributed by atoms with van der Waals surface area (Å²) in [6.45, 7) is 4.22. The van der Waals surface area contributed by atoms with Crippen LogP contribution in [0.15, 0.2) is 36.8 Å². The Labute approximate surface area is 172 Å². The molecule has 7 nitrogen and oxygen atoms in total. The number of carbonyl (C=O) groups excluding carboxylic acids is 1. The average Bonchev–Trinajstić information content (AvgIpc) is 3.31. The van der Waals surface area contributed by atoms with E-state index in [9.17, 15) is 4.79 Å². The number of pyridine rings is 1. The van der Waals surface area contributed by atoms with Gasteiger partial charge in [-0.2, -0.15) is 5.10 Å². The van der Waals surface area contributed by atoms with Crippen LogP contribution in [-0.4, -0.2) is 57.9 Å². The van der Waals surface area contributed by atoms with Crippen molar-refractivity contribution in [1.29, 1.82) is 0 Å². The minimum Gasteiger partial charge on any atom is -0.376 e. The predicted molar refractivity (Wildman–Crippen MR) is 112 cm³/mol. The van der Waals surface area contributed by atoms with Crippen molar-refractivity contribution in [3.05, 3.63) is 42.4 Å². The Kier molecular flexibility index (Phi) is 6.77. The fourth-order valence-electron chi connectivity index (χ4n) is 4.17. The molecule has 1 atom stereocenters. The van der Waals surface area contributed by atoms with E-state index in [1.165, 1.54) is 6.42 Å². The second-order valence-electron chi connectivity index (χ2n) is 8.09. The Morgan fingerprint density at radius 3 is 2.79 bits per heavy atom. The first-order valence-electron chi connectivity index (χ1n) is 10.9. The molecule has 1 unspecified atom stereocenters. The van der Waals surface area contributed by atoms with Crippen LogP contribution >= 0.6 is 0 Å². The number of nitrogens with one attached hydrogen (secondary N) is 1. The molecule has 0 aromatic carbocycles. The normalized spacial score (nSPS) is 20.6. The fraction of sp³-hybridized carbons (Fsp3) is 0.591. The van der Waals surface area contributed by atoms with Crippen LogP contribution in [0.3, 0.4) is 0 Å². The number of likely N-dealkylation sites (tertiary alicyclic amines) is 1. The molecule has 7 heteroatoms. The zero-order valence-corrected chi connectivity index (χ0v) is 17.0. The van der Waals surface area contributed by atoms with Crippen molar-refractivity contribution in [3.8, 4) is 0 Å². The zero-order valence-electron chi connectivity index (χ0n) is 17.0. The summed E-state index contributed by atoms with van der Waals surface area (Å²) in [7, 11) is 0. The Morgan fingerprint density at radius 1 is 1.21 bits per heavy atom. The molecule has 4 heterocycles. The highest BCUT2D eigenvalue weighted by molar-refractivity contribution is 5.94. The molecule has 2 aliphatic heterocycles. The van der Waals surface area contributed by atoms with E-state index >= 15 is 0 Å². The smallest absolute Gasteiger partial charge is 0.255 e. The van der Waals surface area contributed by atoms with Gasteiger partial charge in [-0.25, -0.2) is 4.98 Å². The van der Waals surface area contributed by atoms with Crippen LogP contribution in [-0.2, 0) is 11.3 Å². The number of hydrogen-bond acceptors (Lipinski definition) is 5. The lowest BCUT2D eigenvalue weighted by atomic mass is 9.93. The molecule has 0 radical (unpaired) electrons. The maximum Gasteiger partial charge on any atom is 0.255 e. The van der Waals surface area contributed by atoms with Gasteiger partial charge in [-0.1, -0.05) is 0 Å². The zero-order chi connectivity index (χ0) is 19.9. The van der Waals surface area contributed by atoms with Gasteiger partial charge in [-0.05, 0) is 62.6 Å². The van der Waals surface area contributed by atoms with Crippen molar-refractivity contribution in [1.82, 2.24) is 19.7 Å². The van der Waals surface area contributed by atoms with E-state index in [-0.39, 0.29) is 12.0 Å². The standard InChI is InChI=1S/C22H31N5O2/c28-22(26-12-7-18(8-13-26)9-14-27-11-3-10-25-27)19-5-6-21(23-16-19)24-17-20-4-1-2-15-29-20/h3,5-6,10-11,16,18,20H,1-2,4,7-9,12-15,17H2,(H,23,24). The number of piperidine rings is 1. The van der Waals surface area contributed by atoms with Gasteiger partial charge in [-0.3, -0.25) is 9.48 Å². The molecule has 2 aromatic heterocycles. The topological polar surface area (TPSA) is 72.3 Å². The summed E-state index contributed by atoms with van der Waals surface area (Å²) >= 11 is 0. The Morgan fingerprint density at radius 2 is 2.10 bits per heavy atom. The molecule has 1 N–H and O–H groups in total. The first kappa shape index (κ1) is 19.9. The van der Waals surface area contributed by atoms with E-state index in [2.05, 4.69) is 15.4 Å². The Bertz CT molecular complexity index is 748. The molecule has 0 saturated carbocycles. The van der Waals surface area contributed by atoms with Crippen molar-refractivity contribution < 1.29 is 9.53 Å². The third-order valence-corrected chi connectivity index (χ3v) is 6.02. The predicted octanol–water partition coefficient (Wildman–Crippen LogP) is 3.20. The molecule has 0 spiro atoms. The quantitative estimate of drug-likeness (QED) is 0.777. The number of aromatic nitrogens is 3. The first-order valence-corrected chi connectivity index (χ1v) is 10.9. The summed E-state index contributed by atoms with van der Waals surface area (Å²) in [5.41, 5.74) is 0.666. The van der Waals surface area contributed by atoms with Gasteiger partial charge in [0.15, 0.2) is 0 Å². The van der Waals surface area contributed by atoms with Crippen LogP contribution in [0.5, 0.6) is 0 Å². The highest BCUT2D eigenvalue weighted by Gasteiger charge is 2.24. The summed E-state index contributed by atoms with van der Waals surface area (Å²) < 4.78 is 7.72. The molecule has 2 fully saturated rings. The highest BCUT2D eigenvalue weighted by atomic mass is 16.5. The maximum absolute atomic E-state index is 12.8. The molecule has 4 rings (SSSR count). The van der Waals surface area contributed by atoms with E-state index in [4.69, 9.17) is 4.74 Å². The van der Waals surface area contributed by atoms with E-state index in [1.807, 2.05) is 40.2 Å². The summed E-state index contributed by atoms with van der Waals surface area (Å²) in [5, 5.41) is 7.59. The van der Waals surface area contributed by atoms with Crippen LogP contribution < -0.4 is 5.32 Å². The Hall–Kier alpha value is -2.41. The number of rotatable bonds is 7. The van der Waals surface area contributed by atoms with Gasteiger partial charge in [0.2, 0.25) is 0 Å². The van der Waals surface area contributed by atoms with Crippen LogP contribution in [0.1, 0.15) is 48.9 Å². The lowest BCUT2D eigenvalue weighted by Gasteiger charge is -2.32. The van der Waals surface area contributed by atoms with Crippen molar-refractivity contribution in [2.45, 2.75) is 51.2 Å². The van der Waals surface area contributed by atoms with E-state index < -0.39 is 0 Å². The molecule has 2 aromatic rings. The summed E-state index contributed by atoms with van der Waals surface area (Å²) in [6, 6.07) is 5.73. The van der Waals surface area contributed by atoms with Crippen molar-refractivity contribution in [2.75, 3.05) is 31.6 Å². The molecule has 2 aliphatic rings. The SMILES string of the molecule is O=C(c1ccc(NCC2CCCCO2)nc1)N1CCC(CCn2cccn2)CC1. The van der Waals surface area contributed by atoms with Crippen molar-refractivity contribution in [3.63, 3.8) is 0 Å². The molecule has 156 valence electrons. The fourth-order valence-corrected chi connectivity index (χ4v) is 4.17. The van der Waals surface area contributed by atoms with Crippen LogP contribution in [0.25, 0.3) is 0 Å². The number of amides is 1. The van der Waals surface area contributed by atoms with Gasteiger partial charge in [0, 0.05) is 51.4 Å². The average molecular weight is 398 g/mol. The van der Waals surface area contributed by atoms with Gasteiger partial charge in [0.05, 0.1) is 11.7 Å². The molecule has 29 heavy (non-hydrogen) atoms. The van der Waals surface area contributed by atoms with Crippen LogP contribution in [0, 0.1) is 5.92 Å². The monoisotopic (exact) mass is 397 g/mol. The number of carbonyl (C=O) groups is 1. The minimum atomic E-state index is 0.0881. The highest BCUT2D eigenvalue weighted by Crippen LogP contribution is 2.22. The van der Waals surface area contributed by atoms with Crippen LogP contribution in [0.2, 0.25) is 0 Å². The van der Waals surface area contributed by atoms with E-state index in [0.717, 1.165) is 70.7 Å². The summed E-state index contributed by atoms with van der Waals surface area (Å²) in [4.78, 5) is 19.2. The lowest BCUT2D eigenvalue weighted by Crippen LogP contribution is -2.38. The third kappa shape index (κ3) is 5.56. The summed E-state index contributed by atoms with van der Waals surface area (Å²) in [6.07, 6.45) is 12.5. The minimum absolute atomic E-state index is 0.0881. The van der Waals surface area contributed by atoms with Gasteiger partial charge in [-0.15, -0.1) is 0 Å². The van der Waals surface area contributed by atoms with Gasteiger partial charge < -0.3 is 15.0 Å². The van der Waals surface area contributed by atoms with Gasteiger partial charge in [0.1, 0.15) is 5.82 Å². The number of nitrogens with zero attached hydrogens (tertiary/aromatic N) is 4. The largest absolute Gasteiger partial charge is 0.376 e. The van der Waals surface area contributed by atoms with Gasteiger partial charge in [0.25, 0.3) is 5.91 Å². The first-order chi connectivity index (χ1) is 14.3. The van der Waals surface area contributed by atoms with Crippen LogP contribution in [0.4, 0.5) is 5.82 Å². The number of ether oxygens (including phenoxy) is 1. The lowest BCUT2D eigenvalue weighted by molar-refractivity contribution is 0.0247. The molecule has 2 saturated heterocycles. The third-order valence-electron chi connectivity index (χ3n) is 6.02. The molecular weight excluding hydrogens is 366 g/mol. The van der Waals surface area contributed by atoms with Gasteiger partial charge >= 0.3 is 0 Å². The second-order valence-corrected chi connectivity index (χ2v) is 8.09. The summed E-state index contributed by atoms with van der Waals surface area (Å²) in [5.74, 6) is 1.55.